The Balaban J connectivity index is 1.24. The fraction of sp³-hybridized carbons (Fsp3) is 0.0217. The van der Waals surface area contributed by atoms with Crippen molar-refractivity contribution >= 4 is 86.7 Å². The Morgan fingerprint density at radius 1 is 0.510 bits per heavy atom. The molecule has 1 aliphatic rings. The molecule has 0 saturated carbocycles. The summed E-state index contributed by atoms with van der Waals surface area (Å²) in [6, 6.07) is 58.9. The predicted molar refractivity (Wildman–Crippen MR) is 216 cm³/mol. The summed E-state index contributed by atoms with van der Waals surface area (Å²) < 4.78 is 7.51. The van der Waals surface area contributed by atoms with Gasteiger partial charge in [0.15, 0.2) is 0 Å². The number of rotatable bonds is 4. The maximum atomic E-state index is 5.23. The van der Waals surface area contributed by atoms with Gasteiger partial charge in [-0.2, -0.15) is 0 Å². The van der Waals surface area contributed by atoms with E-state index in [1.54, 1.807) is 0 Å². The summed E-state index contributed by atoms with van der Waals surface area (Å²) in [4.78, 5) is 5.23. The Kier molecular flexibility index (Phi) is 6.15. The van der Waals surface area contributed by atoms with E-state index < -0.39 is 0 Å². The Morgan fingerprint density at radius 3 is 1.98 bits per heavy atom. The van der Waals surface area contributed by atoms with Gasteiger partial charge in [-0.3, -0.25) is 9.56 Å². The Labute approximate surface area is 297 Å². The first kappa shape index (κ1) is 28.4. The van der Waals surface area contributed by atoms with Crippen LogP contribution in [0, 0.1) is 0 Å². The van der Waals surface area contributed by atoms with Crippen molar-refractivity contribution in [3.05, 3.63) is 181 Å². The maximum absolute atomic E-state index is 5.23. The summed E-state index contributed by atoms with van der Waals surface area (Å²) >= 11 is 1.89. The average Bonchev–Trinajstić information content (AvgIpc) is 3.85. The molecule has 0 fully saturated rings. The fourth-order valence-corrected chi connectivity index (χ4v) is 9.29. The monoisotopic (exact) mass is 670 g/mol. The summed E-state index contributed by atoms with van der Waals surface area (Å²) in [6.45, 7) is 0. The minimum absolute atomic E-state index is 0.238. The minimum atomic E-state index is -0.238. The van der Waals surface area contributed by atoms with E-state index in [9.17, 15) is 0 Å². The largest absolute Gasteiger partial charge is 0.346 e. The molecule has 0 bridgehead atoms. The second-order valence-corrected chi connectivity index (χ2v) is 14.3. The predicted octanol–water partition coefficient (Wildman–Crippen LogP) is 11.8. The van der Waals surface area contributed by atoms with Gasteiger partial charge in [0, 0.05) is 48.8 Å². The zero-order valence-corrected chi connectivity index (χ0v) is 28.3. The van der Waals surface area contributed by atoms with Crippen LogP contribution in [0.5, 0.6) is 0 Å². The van der Waals surface area contributed by atoms with Crippen LogP contribution in [-0.2, 0) is 0 Å². The topological polar surface area (TPSA) is 34.2 Å². The molecule has 51 heavy (non-hydrogen) atoms. The van der Waals surface area contributed by atoms with Crippen LogP contribution in [0.25, 0.3) is 75.3 Å². The van der Waals surface area contributed by atoms with Crippen molar-refractivity contribution in [2.45, 2.75) is 6.17 Å². The van der Waals surface area contributed by atoms with E-state index in [4.69, 9.17) is 4.99 Å². The number of nitrogens with one attached hydrogen (secondary N) is 1. The zero-order chi connectivity index (χ0) is 33.5. The van der Waals surface area contributed by atoms with E-state index >= 15 is 0 Å². The molecule has 7 aromatic carbocycles. The quantitative estimate of drug-likeness (QED) is 0.199. The third-order valence-corrected chi connectivity index (χ3v) is 11.5. The molecule has 240 valence electrons. The molecule has 3 aromatic heterocycles. The van der Waals surface area contributed by atoms with Gasteiger partial charge < -0.3 is 9.88 Å². The van der Waals surface area contributed by atoms with Crippen LogP contribution in [0.4, 0.5) is 0 Å². The number of para-hydroxylation sites is 2. The molecular formula is C46H30N4S. The number of allylic oxidation sites excluding steroid dienone is 1. The zero-order valence-electron chi connectivity index (χ0n) is 27.5. The van der Waals surface area contributed by atoms with Crippen molar-refractivity contribution in [3.63, 3.8) is 0 Å². The Bertz CT molecular complexity index is 3040. The molecule has 5 heteroatoms. The summed E-state index contributed by atoms with van der Waals surface area (Å²) in [5.41, 5.74) is 9.08. The molecule has 4 nitrogen and oxygen atoms in total. The van der Waals surface area contributed by atoms with Crippen molar-refractivity contribution in [3.8, 4) is 5.69 Å². The van der Waals surface area contributed by atoms with E-state index in [-0.39, 0.29) is 6.17 Å². The van der Waals surface area contributed by atoms with Crippen LogP contribution in [-0.4, -0.2) is 14.8 Å². The van der Waals surface area contributed by atoms with Gasteiger partial charge in [-0.25, -0.2) is 0 Å². The molecule has 0 aliphatic carbocycles. The molecule has 0 amide bonds. The van der Waals surface area contributed by atoms with Crippen LogP contribution < -0.4 is 5.32 Å². The summed E-state index contributed by atoms with van der Waals surface area (Å²) in [6.07, 6.45) is 1.97. The summed E-state index contributed by atoms with van der Waals surface area (Å²) in [7, 11) is 0. The first-order valence-corrected chi connectivity index (χ1v) is 18.2. The summed E-state index contributed by atoms with van der Waals surface area (Å²) in [5.74, 6) is 0.998. The highest BCUT2D eigenvalue weighted by Gasteiger charge is 2.25. The van der Waals surface area contributed by atoms with Crippen LogP contribution in [0.15, 0.2) is 175 Å². The normalized spacial score (nSPS) is 14.9. The minimum Gasteiger partial charge on any atom is -0.346 e. The van der Waals surface area contributed by atoms with Crippen molar-refractivity contribution in [2.75, 3.05) is 0 Å². The maximum Gasteiger partial charge on any atom is 0.146 e. The molecule has 11 rings (SSSR count). The molecule has 1 atom stereocenters. The highest BCUT2D eigenvalue weighted by Crippen LogP contribution is 2.45. The third kappa shape index (κ3) is 4.28. The number of fused-ring (bicyclic) bond motifs is 10. The SMILES string of the molecule is C1=C(n2c3ccccc3c3cc4c5ccc6c7ccccc7sc6c5n(-c5ccccc5)c4cc32)NC(c2ccccc2)N=C1c1ccccc1. The highest BCUT2D eigenvalue weighted by atomic mass is 32.1. The van der Waals surface area contributed by atoms with Crippen LogP contribution in [0.2, 0.25) is 0 Å². The number of aromatic nitrogens is 2. The number of hydrogen-bond donors (Lipinski definition) is 1. The number of benzene rings is 7. The van der Waals surface area contributed by atoms with E-state index in [0.29, 0.717) is 0 Å². The Morgan fingerprint density at radius 2 is 1.16 bits per heavy atom. The van der Waals surface area contributed by atoms with Gasteiger partial charge in [0.1, 0.15) is 12.0 Å². The van der Waals surface area contributed by atoms with Crippen molar-refractivity contribution in [2.24, 2.45) is 4.99 Å². The van der Waals surface area contributed by atoms with Gasteiger partial charge >= 0.3 is 0 Å². The van der Waals surface area contributed by atoms with Gasteiger partial charge in [-0.15, -0.1) is 11.3 Å². The molecule has 4 heterocycles. The fourth-order valence-electron chi connectivity index (χ4n) is 8.05. The van der Waals surface area contributed by atoms with Gasteiger partial charge in [0.2, 0.25) is 0 Å². The van der Waals surface area contributed by atoms with Crippen molar-refractivity contribution in [1.29, 1.82) is 0 Å². The van der Waals surface area contributed by atoms with Crippen LogP contribution >= 0.6 is 11.3 Å². The summed E-state index contributed by atoms with van der Waals surface area (Å²) in [5, 5.41) is 11.4. The number of aliphatic imine (C=N–C) groups is 1. The van der Waals surface area contributed by atoms with Crippen LogP contribution in [0.1, 0.15) is 17.3 Å². The smallest absolute Gasteiger partial charge is 0.146 e. The molecule has 0 spiro atoms. The molecule has 1 aliphatic heterocycles. The van der Waals surface area contributed by atoms with Gasteiger partial charge in [0.05, 0.1) is 32.5 Å². The van der Waals surface area contributed by atoms with Crippen LogP contribution in [0.3, 0.4) is 0 Å². The number of hydrogen-bond acceptors (Lipinski definition) is 3. The van der Waals surface area contributed by atoms with Gasteiger partial charge in [0.25, 0.3) is 0 Å². The first-order valence-electron chi connectivity index (χ1n) is 17.3. The highest BCUT2D eigenvalue weighted by molar-refractivity contribution is 7.26. The lowest BCUT2D eigenvalue weighted by molar-refractivity contribution is 0.646. The standard InChI is InChI=1S/C46H30N4S/c1-4-14-29(15-5-1)38-27-43(48-46(47-38)30-16-6-2-7-17-30)50-39-22-12-10-20-32(39)36-26-37-34-24-25-35-33-21-11-13-23-42(33)51-45(35)44(34)49(40(37)28-41(36)50)31-18-8-3-9-19-31/h1-28,46,48H. The van der Waals surface area contributed by atoms with E-state index in [2.05, 4.69) is 184 Å². The van der Waals surface area contributed by atoms with Gasteiger partial charge in [-0.05, 0) is 47.5 Å². The van der Waals surface area contributed by atoms with Crippen molar-refractivity contribution in [1.82, 2.24) is 14.5 Å². The molecule has 0 radical (unpaired) electrons. The Hall–Kier alpha value is -6.43. The lowest BCUT2D eigenvalue weighted by atomic mass is 10.1. The number of thiophene rings is 1. The molecule has 10 aromatic rings. The number of nitrogens with zero attached hydrogens (tertiary/aromatic N) is 3. The lowest BCUT2D eigenvalue weighted by Crippen LogP contribution is -2.27. The first-order chi connectivity index (χ1) is 25.3. The second-order valence-electron chi connectivity index (χ2n) is 13.2. The van der Waals surface area contributed by atoms with E-state index in [1.807, 2.05) is 11.3 Å². The van der Waals surface area contributed by atoms with E-state index in [1.165, 1.54) is 52.8 Å². The molecule has 0 saturated heterocycles. The second kappa shape index (κ2) is 11.0. The third-order valence-electron chi connectivity index (χ3n) is 10.3. The van der Waals surface area contributed by atoms with Gasteiger partial charge in [-0.1, -0.05) is 127 Å². The lowest BCUT2D eigenvalue weighted by Gasteiger charge is -2.26. The molecule has 1 N–H and O–H groups in total. The molecular weight excluding hydrogens is 641 g/mol. The van der Waals surface area contributed by atoms with E-state index in [0.717, 1.165) is 39.4 Å². The average molecular weight is 671 g/mol. The molecule has 1 unspecified atom stereocenters. The van der Waals surface area contributed by atoms with Crippen molar-refractivity contribution < 1.29 is 0 Å².